The fraction of sp³-hybridized carbons (Fsp3) is 0. The summed E-state index contributed by atoms with van der Waals surface area (Å²) in [6, 6.07) is 32.2. The van der Waals surface area contributed by atoms with E-state index < -0.39 is 0 Å². The van der Waals surface area contributed by atoms with Crippen LogP contribution in [-0.2, 0) is 0 Å². The van der Waals surface area contributed by atoms with Crippen molar-refractivity contribution < 1.29 is 4.74 Å². The highest BCUT2D eigenvalue weighted by molar-refractivity contribution is 5.78. The summed E-state index contributed by atoms with van der Waals surface area (Å²) in [6.45, 7) is 0. The molecule has 0 aliphatic heterocycles. The van der Waals surface area contributed by atoms with Crippen molar-refractivity contribution in [3.05, 3.63) is 122 Å². The van der Waals surface area contributed by atoms with Crippen LogP contribution in [0.1, 0.15) is 0 Å². The highest BCUT2D eigenvalue weighted by Gasteiger charge is 2.13. The summed E-state index contributed by atoms with van der Waals surface area (Å²) in [5, 5.41) is 0. The van der Waals surface area contributed by atoms with Crippen molar-refractivity contribution in [2.45, 2.75) is 0 Å². The van der Waals surface area contributed by atoms with Gasteiger partial charge in [0.2, 0.25) is 0 Å². The van der Waals surface area contributed by atoms with Gasteiger partial charge in [-0.2, -0.15) is 0 Å². The molecule has 176 valence electrons. The largest absolute Gasteiger partial charge is 0.456 e. The van der Waals surface area contributed by atoms with Gasteiger partial charge < -0.3 is 4.74 Å². The number of aromatic nitrogens is 6. The van der Waals surface area contributed by atoms with E-state index in [1.165, 1.54) is 25.3 Å². The summed E-state index contributed by atoms with van der Waals surface area (Å²) >= 11 is 0. The number of hydrogen-bond acceptors (Lipinski definition) is 7. The molecule has 4 aromatic carbocycles. The van der Waals surface area contributed by atoms with Gasteiger partial charge in [-0.25, -0.2) is 29.9 Å². The molecule has 6 rings (SSSR count). The third-order valence-electron chi connectivity index (χ3n) is 5.84. The maximum absolute atomic E-state index is 6.56. The molecule has 0 fully saturated rings. The van der Waals surface area contributed by atoms with E-state index in [-0.39, 0.29) is 0 Å². The number of rotatable bonds is 6. The molecule has 0 bridgehead atoms. The predicted octanol–water partition coefficient (Wildman–Crippen LogP) is 6.52. The molecule has 0 radical (unpaired) electrons. The third kappa shape index (κ3) is 4.78. The molecule has 0 aliphatic carbocycles. The van der Waals surface area contributed by atoms with E-state index >= 15 is 0 Å². The monoisotopic (exact) mass is 480 g/mol. The number of hydrogen-bond donors (Lipinski definition) is 0. The molecule has 37 heavy (non-hydrogen) atoms. The molecule has 0 saturated carbocycles. The Labute approximate surface area is 213 Å². The van der Waals surface area contributed by atoms with Crippen LogP contribution in [0.25, 0.3) is 45.0 Å². The van der Waals surface area contributed by atoms with Crippen molar-refractivity contribution in [3.8, 4) is 56.5 Å². The summed E-state index contributed by atoms with van der Waals surface area (Å²) in [6.07, 6.45) is 6.00. The molecule has 0 unspecified atom stereocenters. The van der Waals surface area contributed by atoms with Crippen LogP contribution in [0.4, 0.5) is 0 Å². The number of para-hydroxylation sites is 2. The Morgan fingerprint density at radius 2 is 0.811 bits per heavy atom. The van der Waals surface area contributed by atoms with Gasteiger partial charge in [0.15, 0.2) is 11.6 Å². The Bertz CT molecular complexity index is 1530. The topological polar surface area (TPSA) is 86.6 Å². The molecule has 0 spiro atoms. The molecule has 0 saturated heterocycles. The molecule has 0 N–H and O–H groups in total. The molecular formula is C30H20N6O. The van der Waals surface area contributed by atoms with Crippen molar-refractivity contribution in [2.24, 2.45) is 0 Å². The minimum Gasteiger partial charge on any atom is -0.456 e. The van der Waals surface area contributed by atoms with Crippen molar-refractivity contribution in [2.75, 3.05) is 0 Å². The standard InChI is InChI=1S/C30H20N6O/c1-3-13-27(25(11-1)21-7-5-9-23(15-21)29-33-17-31-18-34-29)37-28-14-4-2-12-26(28)22-8-6-10-24(16-22)30-35-19-32-20-36-30/h1-20H. The summed E-state index contributed by atoms with van der Waals surface area (Å²) in [5.74, 6) is 2.74. The summed E-state index contributed by atoms with van der Waals surface area (Å²) < 4.78 is 6.56. The van der Waals surface area contributed by atoms with Gasteiger partial charge in [0.05, 0.1) is 0 Å². The van der Waals surface area contributed by atoms with Crippen LogP contribution in [0.3, 0.4) is 0 Å². The average Bonchev–Trinajstić information content (AvgIpc) is 2.99. The number of ether oxygens (including phenoxy) is 1. The fourth-order valence-corrected chi connectivity index (χ4v) is 4.13. The van der Waals surface area contributed by atoms with E-state index in [0.717, 1.165) is 44.9 Å². The van der Waals surface area contributed by atoms with Crippen LogP contribution in [0.5, 0.6) is 11.5 Å². The van der Waals surface area contributed by atoms with Gasteiger partial charge >= 0.3 is 0 Å². The minimum absolute atomic E-state index is 0.624. The number of benzene rings is 4. The molecule has 7 nitrogen and oxygen atoms in total. The molecule has 2 heterocycles. The lowest BCUT2D eigenvalue weighted by Gasteiger charge is -2.15. The molecule has 7 heteroatoms. The van der Waals surface area contributed by atoms with Crippen molar-refractivity contribution >= 4 is 0 Å². The maximum Gasteiger partial charge on any atom is 0.162 e. The molecule has 2 aromatic heterocycles. The SMILES string of the molecule is c1cc(-c2ncncn2)cc(-c2ccccc2Oc2ccccc2-c2cccc(-c3ncncn3)c2)c1. The maximum atomic E-state index is 6.56. The Morgan fingerprint density at radius 3 is 1.27 bits per heavy atom. The zero-order chi connectivity index (χ0) is 24.9. The average molecular weight is 481 g/mol. The predicted molar refractivity (Wildman–Crippen MR) is 141 cm³/mol. The second kappa shape index (κ2) is 10.1. The quantitative estimate of drug-likeness (QED) is 0.268. The number of nitrogens with zero attached hydrogens (tertiary/aromatic N) is 6. The normalized spacial score (nSPS) is 10.7. The lowest BCUT2D eigenvalue weighted by Crippen LogP contribution is -1.93. The highest BCUT2D eigenvalue weighted by atomic mass is 16.5. The summed E-state index contributed by atoms with van der Waals surface area (Å²) in [5.41, 5.74) is 5.75. The Hall–Kier alpha value is -5.30. The summed E-state index contributed by atoms with van der Waals surface area (Å²) in [4.78, 5) is 25.0. The molecule has 0 amide bonds. The third-order valence-corrected chi connectivity index (χ3v) is 5.84. The van der Waals surface area contributed by atoms with E-state index in [0.29, 0.717) is 11.6 Å². The Kier molecular flexibility index (Phi) is 6.07. The first-order valence-corrected chi connectivity index (χ1v) is 11.7. The van der Waals surface area contributed by atoms with Crippen molar-refractivity contribution in [3.63, 3.8) is 0 Å². The fourth-order valence-electron chi connectivity index (χ4n) is 4.13. The minimum atomic E-state index is 0.624. The van der Waals surface area contributed by atoms with Gasteiger partial charge in [-0.15, -0.1) is 0 Å². The van der Waals surface area contributed by atoms with Crippen molar-refractivity contribution in [1.82, 2.24) is 29.9 Å². The van der Waals surface area contributed by atoms with Crippen molar-refractivity contribution in [1.29, 1.82) is 0 Å². The Morgan fingerprint density at radius 1 is 0.405 bits per heavy atom. The van der Waals surface area contributed by atoms with Gasteiger partial charge in [-0.3, -0.25) is 0 Å². The lowest BCUT2D eigenvalue weighted by atomic mass is 10.0. The van der Waals surface area contributed by atoms with Gasteiger partial charge in [-0.05, 0) is 35.4 Å². The molecule has 0 aliphatic rings. The van der Waals surface area contributed by atoms with Gasteiger partial charge in [0.25, 0.3) is 0 Å². The smallest absolute Gasteiger partial charge is 0.162 e. The van der Waals surface area contributed by atoms with E-state index in [4.69, 9.17) is 4.74 Å². The van der Waals surface area contributed by atoms with E-state index in [2.05, 4.69) is 54.2 Å². The highest BCUT2D eigenvalue weighted by Crippen LogP contribution is 2.39. The van der Waals surface area contributed by atoms with E-state index in [9.17, 15) is 0 Å². The van der Waals surface area contributed by atoms with E-state index in [1.54, 1.807) is 0 Å². The lowest BCUT2D eigenvalue weighted by molar-refractivity contribution is 0.486. The van der Waals surface area contributed by atoms with Crippen LogP contribution in [0.15, 0.2) is 122 Å². The molecule has 0 atom stereocenters. The van der Waals surface area contributed by atoms with Gasteiger partial charge in [0.1, 0.15) is 36.8 Å². The molecular weight excluding hydrogens is 460 g/mol. The Balaban J connectivity index is 1.37. The van der Waals surface area contributed by atoms with E-state index in [1.807, 2.05) is 72.8 Å². The second-order valence-corrected chi connectivity index (χ2v) is 8.18. The van der Waals surface area contributed by atoms with Gasteiger partial charge in [0, 0.05) is 22.3 Å². The van der Waals surface area contributed by atoms with Crippen LogP contribution >= 0.6 is 0 Å². The molecule has 6 aromatic rings. The van der Waals surface area contributed by atoms with Crippen LogP contribution < -0.4 is 4.74 Å². The van der Waals surface area contributed by atoms with Crippen LogP contribution in [-0.4, -0.2) is 29.9 Å². The first-order valence-electron chi connectivity index (χ1n) is 11.7. The van der Waals surface area contributed by atoms with Crippen LogP contribution in [0.2, 0.25) is 0 Å². The second-order valence-electron chi connectivity index (χ2n) is 8.18. The summed E-state index contributed by atoms with van der Waals surface area (Å²) in [7, 11) is 0. The van der Waals surface area contributed by atoms with Crippen LogP contribution in [0, 0.1) is 0 Å². The zero-order valence-corrected chi connectivity index (χ0v) is 19.6. The zero-order valence-electron chi connectivity index (χ0n) is 19.6. The first kappa shape index (κ1) is 22.2. The van der Waals surface area contributed by atoms with Gasteiger partial charge in [-0.1, -0.05) is 72.8 Å². The first-order chi connectivity index (χ1) is 18.3.